The Balaban J connectivity index is 1.57. The highest BCUT2D eigenvalue weighted by atomic mass is 32.2. The van der Waals surface area contributed by atoms with Crippen LogP contribution < -0.4 is 5.32 Å². The summed E-state index contributed by atoms with van der Waals surface area (Å²) in [6.45, 7) is 4.13. The van der Waals surface area contributed by atoms with Crippen molar-refractivity contribution in [1.29, 1.82) is 0 Å². The zero-order valence-corrected chi connectivity index (χ0v) is 15.7. The molecule has 0 saturated carbocycles. The Morgan fingerprint density at radius 3 is 2.58 bits per heavy atom. The molecule has 0 fully saturated rings. The topological polar surface area (TPSA) is 59.8 Å². The number of amides is 1. The van der Waals surface area contributed by atoms with Crippen molar-refractivity contribution in [2.45, 2.75) is 31.5 Å². The Morgan fingerprint density at radius 1 is 1.15 bits per heavy atom. The molecule has 0 bridgehead atoms. The second kappa shape index (κ2) is 8.67. The summed E-state index contributed by atoms with van der Waals surface area (Å²) in [6, 6.07) is 18.2. The molecule has 0 radical (unpaired) electrons. The van der Waals surface area contributed by atoms with E-state index in [0.717, 1.165) is 17.7 Å². The molecule has 0 spiro atoms. The summed E-state index contributed by atoms with van der Waals surface area (Å²) in [4.78, 5) is 12.3. The first-order chi connectivity index (χ1) is 12.7. The second-order valence-corrected chi connectivity index (χ2v) is 6.93. The lowest BCUT2D eigenvalue weighted by Gasteiger charge is -2.14. The van der Waals surface area contributed by atoms with Gasteiger partial charge in [-0.05, 0) is 36.6 Å². The fourth-order valence-electron chi connectivity index (χ4n) is 2.63. The first kappa shape index (κ1) is 18.2. The van der Waals surface area contributed by atoms with Crippen molar-refractivity contribution in [3.8, 4) is 5.69 Å². The number of hydrogen-bond donors (Lipinski definition) is 1. The fraction of sp³-hybridized carbons (Fsp3) is 0.250. The molecule has 3 aromatic rings. The van der Waals surface area contributed by atoms with Gasteiger partial charge in [-0.2, -0.15) is 0 Å². The van der Waals surface area contributed by atoms with Crippen molar-refractivity contribution < 1.29 is 4.79 Å². The molecule has 26 heavy (non-hydrogen) atoms. The number of thioether (sulfide) groups is 1. The number of carbonyl (C=O) groups is 1. The molecule has 6 heteroatoms. The number of nitrogens with zero attached hydrogens (tertiary/aromatic N) is 3. The van der Waals surface area contributed by atoms with Gasteiger partial charge in [0.2, 0.25) is 5.91 Å². The Morgan fingerprint density at radius 2 is 1.88 bits per heavy atom. The van der Waals surface area contributed by atoms with Crippen molar-refractivity contribution in [2.24, 2.45) is 0 Å². The molecule has 1 atom stereocenters. The van der Waals surface area contributed by atoms with Crippen LogP contribution in [0.3, 0.4) is 0 Å². The first-order valence-electron chi connectivity index (χ1n) is 8.64. The lowest BCUT2D eigenvalue weighted by Crippen LogP contribution is -2.28. The minimum absolute atomic E-state index is 0.0234. The zero-order valence-electron chi connectivity index (χ0n) is 14.9. The number of nitrogens with one attached hydrogen (secondary N) is 1. The van der Waals surface area contributed by atoms with Crippen LogP contribution in [0.15, 0.2) is 66.1 Å². The number of hydrogen-bond acceptors (Lipinski definition) is 4. The number of rotatable bonds is 7. The quantitative estimate of drug-likeness (QED) is 0.646. The average Bonchev–Trinajstić information content (AvgIpc) is 3.16. The molecule has 1 N–H and O–H groups in total. The number of para-hydroxylation sites is 1. The summed E-state index contributed by atoms with van der Waals surface area (Å²) in [5.74, 6) is 0.271. The number of aromatic nitrogens is 3. The van der Waals surface area contributed by atoms with Gasteiger partial charge in [-0.1, -0.05) is 61.2 Å². The summed E-state index contributed by atoms with van der Waals surface area (Å²) in [6.07, 6.45) is 2.67. The molecule has 0 aliphatic rings. The van der Waals surface area contributed by atoms with E-state index in [-0.39, 0.29) is 11.9 Å². The van der Waals surface area contributed by atoms with Crippen LogP contribution in [0.4, 0.5) is 0 Å². The highest BCUT2D eigenvalue weighted by Gasteiger charge is 2.13. The maximum atomic E-state index is 12.3. The zero-order chi connectivity index (χ0) is 18.4. The summed E-state index contributed by atoms with van der Waals surface area (Å²) in [5, 5.41) is 11.8. The predicted octanol–water partition coefficient (Wildman–Crippen LogP) is 3.80. The Bertz CT molecular complexity index is 846. The van der Waals surface area contributed by atoms with Gasteiger partial charge in [-0.25, -0.2) is 0 Å². The third kappa shape index (κ3) is 4.52. The minimum Gasteiger partial charge on any atom is -0.349 e. The Hall–Kier alpha value is -2.60. The molecule has 5 nitrogen and oxygen atoms in total. The van der Waals surface area contributed by atoms with Crippen molar-refractivity contribution in [2.75, 3.05) is 5.75 Å². The summed E-state index contributed by atoms with van der Waals surface area (Å²) in [5.41, 5.74) is 3.38. The van der Waals surface area contributed by atoms with Crippen molar-refractivity contribution in [3.63, 3.8) is 0 Å². The molecule has 2 aromatic carbocycles. The molecule has 1 amide bonds. The molecule has 0 aliphatic heterocycles. The van der Waals surface area contributed by atoms with E-state index < -0.39 is 0 Å². The number of benzene rings is 2. The van der Waals surface area contributed by atoms with Gasteiger partial charge in [0.1, 0.15) is 6.33 Å². The largest absolute Gasteiger partial charge is 0.349 e. The maximum absolute atomic E-state index is 12.3. The van der Waals surface area contributed by atoms with Crippen LogP contribution in [0.1, 0.15) is 31.0 Å². The van der Waals surface area contributed by atoms with E-state index in [1.165, 1.54) is 17.3 Å². The molecule has 3 rings (SSSR count). The highest BCUT2D eigenvalue weighted by molar-refractivity contribution is 7.99. The van der Waals surface area contributed by atoms with Crippen molar-refractivity contribution >= 4 is 17.7 Å². The fourth-order valence-corrected chi connectivity index (χ4v) is 3.37. The third-order valence-corrected chi connectivity index (χ3v) is 5.09. The predicted molar refractivity (Wildman–Crippen MR) is 104 cm³/mol. The van der Waals surface area contributed by atoms with E-state index in [9.17, 15) is 4.79 Å². The van der Waals surface area contributed by atoms with Gasteiger partial charge in [0.15, 0.2) is 5.16 Å². The summed E-state index contributed by atoms with van der Waals surface area (Å²) >= 11 is 1.38. The monoisotopic (exact) mass is 366 g/mol. The normalized spacial score (nSPS) is 11.9. The molecule has 0 unspecified atom stereocenters. The Labute approximate surface area is 157 Å². The summed E-state index contributed by atoms with van der Waals surface area (Å²) in [7, 11) is 0. The highest BCUT2D eigenvalue weighted by Crippen LogP contribution is 2.20. The molecule has 0 saturated heterocycles. The molecular weight excluding hydrogens is 344 g/mol. The van der Waals surface area contributed by atoms with Gasteiger partial charge in [-0.3, -0.25) is 9.36 Å². The first-order valence-corrected chi connectivity index (χ1v) is 9.62. The Kier molecular flexibility index (Phi) is 6.07. The lowest BCUT2D eigenvalue weighted by molar-refractivity contribution is -0.119. The standard InChI is InChI=1S/C20H22N4OS/c1-3-16-9-11-17(12-10-16)15(2)22-19(25)13-26-20-23-21-14-24(20)18-7-5-4-6-8-18/h4-12,14-15H,3,13H2,1-2H3,(H,22,25)/t15-/m0/s1. The van der Waals surface area contributed by atoms with Gasteiger partial charge in [0.25, 0.3) is 0 Å². The lowest BCUT2D eigenvalue weighted by atomic mass is 10.1. The number of aryl methyl sites for hydroxylation is 1. The van der Waals surface area contributed by atoms with Gasteiger partial charge >= 0.3 is 0 Å². The van der Waals surface area contributed by atoms with Crippen LogP contribution in [0, 0.1) is 0 Å². The van der Waals surface area contributed by atoms with Crippen molar-refractivity contribution in [1.82, 2.24) is 20.1 Å². The second-order valence-electron chi connectivity index (χ2n) is 5.99. The average molecular weight is 366 g/mol. The van der Waals surface area contributed by atoms with E-state index in [1.807, 2.05) is 41.8 Å². The van der Waals surface area contributed by atoms with Gasteiger partial charge in [0.05, 0.1) is 11.8 Å². The van der Waals surface area contributed by atoms with Gasteiger partial charge in [0, 0.05) is 5.69 Å². The number of carbonyl (C=O) groups excluding carboxylic acids is 1. The van der Waals surface area contributed by atoms with Crippen LogP contribution in [0.25, 0.3) is 5.69 Å². The molecular formula is C20H22N4OS. The smallest absolute Gasteiger partial charge is 0.230 e. The van der Waals surface area contributed by atoms with Crippen LogP contribution >= 0.6 is 11.8 Å². The van der Waals surface area contributed by atoms with E-state index >= 15 is 0 Å². The van der Waals surface area contributed by atoms with E-state index in [1.54, 1.807) is 6.33 Å². The molecule has 134 valence electrons. The van der Waals surface area contributed by atoms with Gasteiger partial charge in [-0.15, -0.1) is 10.2 Å². The van der Waals surface area contributed by atoms with E-state index in [0.29, 0.717) is 10.9 Å². The third-order valence-electron chi connectivity index (χ3n) is 4.15. The minimum atomic E-state index is -0.0269. The maximum Gasteiger partial charge on any atom is 0.230 e. The van der Waals surface area contributed by atoms with Crippen molar-refractivity contribution in [3.05, 3.63) is 72.1 Å². The summed E-state index contributed by atoms with van der Waals surface area (Å²) < 4.78 is 1.88. The molecule has 1 aromatic heterocycles. The van der Waals surface area contributed by atoms with Crippen LogP contribution in [0.2, 0.25) is 0 Å². The SMILES string of the molecule is CCc1ccc([C@H](C)NC(=O)CSc2nncn2-c2ccccc2)cc1. The van der Waals surface area contributed by atoms with Crippen LogP contribution in [-0.4, -0.2) is 26.4 Å². The van der Waals surface area contributed by atoms with Crippen LogP contribution in [-0.2, 0) is 11.2 Å². The molecule has 0 aliphatic carbocycles. The van der Waals surface area contributed by atoms with Crippen LogP contribution in [0.5, 0.6) is 0 Å². The van der Waals surface area contributed by atoms with E-state index in [4.69, 9.17) is 0 Å². The molecule has 1 heterocycles. The van der Waals surface area contributed by atoms with E-state index in [2.05, 4.69) is 46.7 Å². The van der Waals surface area contributed by atoms with Gasteiger partial charge < -0.3 is 5.32 Å².